The maximum atomic E-state index is 13.6. The van der Waals surface area contributed by atoms with Crippen molar-refractivity contribution in [1.29, 1.82) is 0 Å². The number of aromatic amines is 1. The van der Waals surface area contributed by atoms with Crippen LogP contribution in [0.25, 0.3) is 0 Å². The molecule has 0 spiro atoms. The van der Waals surface area contributed by atoms with Crippen LogP contribution in [0.5, 0.6) is 0 Å². The second kappa shape index (κ2) is 5.37. The quantitative estimate of drug-likeness (QED) is 0.779. The molecule has 110 valence electrons. The van der Waals surface area contributed by atoms with Gasteiger partial charge in [-0.1, -0.05) is 0 Å². The van der Waals surface area contributed by atoms with E-state index in [1.807, 2.05) is 4.72 Å². The molecule has 1 heterocycles. The number of aromatic carboxylic acids is 1. The Morgan fingerprint density at radius 2 is 1.95 bits per heavy atom. The molecule has 1 aromatic carbocycles. The molecule has 0 radical (unpaired) electrons. The summed E-state index contributed by atoms with van der Waals surface area (Å²) in [6, 6.07) is 4.75. The van der Waals surface area contributed by atoms with Gasteiger partial charge in [-0.25, -0.2) is 17.6 Å². The molecular weight excluding hydrogens is 303 g/mol. The van der Waals surface area contributed by atoms with Gasteiger partial charge in [-0.3, -0.25) is 9.52 Å². The van der Waals surface area contributed by atoms with Gasteiger partial charge >= 0.3 is 5.97 Å². The Bertz CT molecular complexity index is 840. The second-order valence-corrected chi connectivity index (χ2v) is 5.68. The third-order valence-electron chi connectivity index (χ3n) is 2.52. The molecule has 0 aliphatic heterocycles. The molecule has 7 nitrogen and oxygen atoms in total. The molecule has 0 fully saturated rings. The Morgan fingerprint density at radius 1 is 1.24 bits per heavy atom. The van der Waals surface area contributed by atoms with E-state index in [9.17, 15) is 22.4 Å². The topological polar surface area (TPSA) is 116 Å². The summed E-state index contributed by atoms with van der Waals surface area (Å²) in [4.78, 5) is 23.6. The van der Waals surface area contributed by atoms with Crippen molar-refractivity contribution in [2.75, 3.05) is 4.72 Å². The first-order valence-corrected chi connectivity index (χ1v) is 7.02. The fourth-order valence-electron chi connectivity index (χ4n) is 1.50. The highest BCUT2D eigenvalue weighted by molar-refractivity contribution is 7.92. The summed E-state index contributed by atoms with van der Waals surface area (Å²) >= 11 is 0. The third-order valence-corrected chi connectivity index (χ3v) is 3.89. The molecule has 0 saturated heterocycles. The first-order valence-electron chi connectivity index (χ1n) is 5.54. The Morgan fingerprint density at radius 3 is 2.52 bits per heavy atom. The minimum absolute atomic E-state index is 0.268. The van der Waals surface area contributed by atoms with Crippen molar-refractivity contribution in [1.82, 2.24) is 4.98 Å². The van der Waals surface area contributed by atoms with Gasteiger partial charge < -0.3 is 10.1 Å². The average Bonchev–Trinajstić information content (AvgIpc) is 2.41. The molecule has 0 atom stereocenters. The standard InChI is InChI=1S/C12H9FN2O5S/c13-9-3-1-7(12(17)18)5-10(9)15-21(19,20)8-2-4-11(16)14-6-8/h1-6,15H,(H,14,16)(H,17,18). The SMILES string of the molecule is O=C(O)c1ccc(F)c(NS(=O)(=O)c2ccc(=O)[nH]c2)c1. The van der Waals surface area contributed by atoms with Gasteiger partial charge in [0.05, 0.1) is 11.3 Å². The summed E-state index contributed by atoms with van der Waals surface area (Å²) in [5.74, 6) is -2.24. The largest absolute Gasteiger partial charge is 0.478 e. The van der Waals surface area contributed by atoms with Crippen LogP contribution < -0.4 is 10.3 Å². The smallest absolute Gasteiger partial charge is 0.335 e. The molecule has 3 N–H and O–H groups in total. The fraction of sp³-hybridized carbons (Fsp3) is 0. The van der Waals surface area contributed by atoms with E-state index >= 15 is 0 Å². The molecule has 9 heteroatoms. The van der Waals surface area contributed by atoms with Gasteiger partial charge in [-0.15, -0.1) is 0 Å². The van der Waals surface area contributed by atoms with Crippen LogP contribution >= 0.6 is 0 Å². The van der Waals surface area contributed by atoms with Gasteiger partial charge in [0.1, 0.15) is 10.7 Å². The summed E-state index contributed by atoms with van der Waals surface area (Å²) in [5, 5.41) is 8.81. The molecular formula is C12H9FN2O5S. The zero-order valence-corrected chi connectivity index (χ0v) is 11.1. The summed E-state index contributed by atoms with van der Waals surface area (Å²) < 4.78 is 39.5. The van der Waals surface area contributed by atoms with Crippen LogP contribution in [-0.4, -0.2) is 24.5 Å². The first-order chi connectivity index (χ1) is 9.79. The van der Waals surface area contributed by atoms with Gasteiger partial charge in [0, 0.05) is 12.3 Å². The number of halogens is 1. The zero-order valence-electron chi connectivity index (χ0n) is 10.3. The van der Waals surface area contributed by atoms with Crippen LogP contribution in [0.3, 0.4) is 0 Å². The van der Waals surface area contributed by atoms with Crippen molar-refractivity contribution in [3.8, 4) is 0 Å². The molecule has 0 aliphatic carbocycles. The Balaban J connectivity index is 2.41. The number of hydrogen-bond donors (Lipinski definition) is 3. The van der Waals surface area contributed by atoms with Crippen LogP contribution in [-0.2, 0) is 10.0 Å². The number of aromatic nitrogens is 1. The lowest BCUT2D eigenvalue weighted by atomic mass is 10.2. The number of nitrogens with one attached hydrogen (secondary N) is 2. The highest BCUT2D eigenvalue weighted by Gasteiger charge is 2.17. The summed E-state index contributed by atoms with van der Waals surface area (Å²) in [5.41, 5.74) is -1.26. The number of anilines is 1. The van der Waals surface area contributed by atoms with Crippen molar-refractivity contribution in [3.05, 3.63) is 58.3 Å². The molecule has 21 heavy (non-hydrogen) atoms. The average molecular weight is 312 g/mol. The fourth-order valence-corrected chi connectivity index (χ4v) is 2.53. The number of pyridine rings is 1. The minimum Gasteiger partial charge on any atom is -0.478 e. The Kier molecular flexibility index (Phi) is 3.76. The normalized spacial score (nSPS) is 11.1. The molecule has 2 rings (SSSR count). The highest BCUT2D eigenvalue weighted by Crippen LogP contribution is 2.20. The van der Waals surface area contributed by atoms with Crippen molar-refractivity contribution < 1.29 is 22.7 Å². The Labute approximate surface area is 118 Å². The molecule has 0 unspecified atom stereocenters. The van der Waals surface area contributed by atoms with Crippen molar-refractivity contribution in [2.45, 2.75) is 4.90 Å². The Hall–Kier alpha value is -2.68. The van der Waals surface area contributed by atoms with E-state index in [4.69, 9.17) is 5.11 Å². The maximum Gasteiger partial charge on any atom is 0.335 e. The van der Waals surface area contributed by atoms with Crippen LogP contribution in [0.1, 0.15) is 10.4 Å². The lowest BCUT2D eigenvalue weighted by Crippen LogP contribution is -2.16. The van der Waals surface area contributed by atoms with Gasteiger partial charge in [0.15, 0.2) is 0 Å². The molecule has 1 aromatic heterocycles. The maximum absolute atomic E-state index is 13.6. The predicted octanol–water partition coefficient (Wildman–Crippen LogP) is 1.01. The molecule has 0 saturated carbocycles. The number of carboxylic acids is 1. The van der Waals surface area contributed by atoms with Crippen LogP contribution in [0.4, 0.5) is 10.1 Å². The molecule has 0 bridgehead atoms. The number of benzene rings is 1. The molecule has 0 aliphatic rings. The van der Waals surface area contributed by atoms with Crippen LogP contribution in [0, 0.1) is 5.82 Å². The number of sulfonamides is 1. The van der Waals surface area contributed by atoms with E-state index in [2.05, 4.69) is 4.98 Å². The van der Waals surface area contributed by atoms with E-state index in [1.165, 1.54) is 0 Å². The van der Waals surface area contributed by atoms with Crippen molar-refractivity contribution in [2.24, 2.45) is 0 Å². The van der Waals surface area contributed by atoms with Gasteiger partial charge in [-0.05, 0) is 24.3 Å². The van der Waals surface area contributed by atoms with Gasteiger partial charge in [-0.2, -0.15) is 0 Å². The lowest BCUT2D eigenvalue weighted by Gasteiger charge is -2.09. The number of rotatable bonds is 4. The molecule has 0 amide bonds. The number of H-pyrrole nitrogens is 1. The van der Waals surface area contributed by atoms with Crippen molar-refractivity contribution >= 4 is 21.7 Å². The van der Waals surface area contributed by atoms with E-state index < -0.39 is 33.1 Å². The highest BCUT2D eigenvalue weighted by atomic mass is 32.2. The lowest BCUT2D eigenvalue weighted by molar-refractivity contribution is 0.0697. The monoisotopic (exact) mass is 312 g/mol. The van der Waals surface area contributed by atoms with Crippen molar-refractivity contribution in [3.63, 3.8) is 0 Å². The molecule has 2 aromatic rings. The number of carboxylic acid groups (broad SMARTS) is 1. The van der Waals surface area contributed by atoms with E-state index in [-0.39, 0.29) is 10.5 Å². The first kappa shape index (κ1) is 14.7. The minimum atomic E-state index is -4.15. The second-order valence-electron chi connectivity index (χ2n) is 3.99. The summed E-state index contributed by atoms with van der Waals surface area (Å²) in [7, 11) is -4.15. The van der Waals surface area contributed by atoms with Crippen LogP contribution in [0.2, 0.25) is 0 Å². The summed E-state index contributed by atoms with van der Waals surface area (Å²) in [6.07, 6.45) is 0.948. The third kappa shape index (κ3) is 3.26. The van der Waals surface area contributed by atoms with E-state index in [0.717, 1.165) is 36.5 Å². The van der Waals surface area contributed by atoms with E-state index in [1.54, 1.807) is 0 Å². The zero-order chi connectivity index (χ0) is 15.6. The number of hydrogen-bond acceptors (Lipinski definition) is 4. The van der Waals surface area contributed by atoms with Gasteiger partial charge in [0.2, 0.25) is 5.56 Å². The van der Waals surface area contributed by atoms with Gasteiger partial charge in [0.25, 0.3) is 10.0 Å². The number of carbonyl (C=O) groups is 1. The summed E-state index contributed by atoms with van der Waals surface area (Å²) in [6.45, 7) is 0. The van der Waals surface area contributed by atoms with E-state index in [0.29, 0.717) is 0 Å². The van der Waals surface area contributed by atoms with Crippen LogP contribution in [0.15, 0.2) is 46.2 Å². The predicted molar refractivity (Wildman–Crippen MR) is 71.2 cm³/mol.